The highest BCUT2D eigenvalue weighted by Crippen LogP contribution is 2.41. The fraction of sp³-hybridized carbons (Fsp3) is 0.200. The van der Waals surface area contributed by atoms with E-state index in [4.69, 9.17) is 18.9 Å². The summed E-state index contributed by atoms with van der Waals surface area (Å²) in [4.78, 5) is 15.5. The number of nitrogens with one attached hydrogen (secondary N) is 2. The van der Waals surface area contributed by atoms with Crippen LogP contribution in [0, 0.1) is 0 Å². The maximum atomic E-state index is 12.5. The highest BCUT2D eigenvalue weighted by molar-refractivity contribution is 6.02. The van der Waals surface area contributed by atoms with E-state index in [1.807, 2.05) is 24.3 Å². The van der Waals surface area contributed by atoms with Gasteiger partial charge in [-0.2, -0.15) is 5.10 Å². The number of amides is 1. The largest absolute Gasteiger partial charge is 0.497 e. The number of carbonyl (C=O) groups is 1. The standard InChI is InChI=1S/C20H21N3O5/c1-25-13-7-5-12(6-8-13)11-21-23-20(24)15-9-14-16(26-2)10-17(27-3)19(28-4)18(14)22-15/h5-11,22H,1-4H3,(H,23,24)/b21-11+. The van der Waals surface area contributed by atoms with Gasteiger partial charge in [0.2, 0.25) is 0 Å². The molecular formula is C20H21N3O5. The maximum Gasteiger partial charge on any atom is 0.287 e. The molecule has 1 aromatic heterocycles. The first-order chi connectivity index (χ1) is 13.6. The number of H-pyrrole nitrogens is 1. The van der Waals surface area contributed by atoms with E-state index in [-0.39, 0.29) is 0 Å². The molecule has 0 radical (unpaired) electrons. The number of hydrazone groups is 1. The Labute approximate surface area is 162 Å². The SMILES string of the molecule is COc1ccc(/C=N/NC(=O)c2cc3c(OC)cc(OC)c(OC)c3[nH]2)cc1. The fourth-order valence-electron chi connectivity index (χ4n) is 2.77. The molecule has 1 heterocycles. The van der Waals surface area contributed by atoms with Crippen molar-refractivity contribution >= 4 is 23.0 Å². The van der Waals surface area contributed by atoms with Gasteiger partial charge in [0, 0.05) is 11.5 Å². The number of nitrogens with zero attached hydrogens (tertiary/aromatic N) is 1. The van der Waals surface area contributed by atoms with E-state index in [0.717, 1.165) is 11.3 Å². The van der Waals surface area contributed by atoms with Crippen LogP contribution in [-0.2, 0) is 0 Å². The number of benzene rings is 2. The minimum absolute atomic E-state index is 0.312. The summed E-state index contributed by atoms with van der Waals surface area (Å²) in [6.07, 6.45) is 1.55. The average molecular weight is 383 g/mol. The summed E-state index contributed by atoms with van der Waals surface area (Å²) in [5.74, 6) is 1.89. The third kappa shape index (κ3) is 3.71. The molecule has 2 N–H and O–H groups in total. The Morgan fingerprint density at radius 1 is 0.964 bits per heavy atom. The van der Waals surface area contributed by atoms with Crippen LogP contribution in [0.1, 0.15) is 16.1 Å². The summed E-state index contributed by atoms with van der Waals surface area (Å²) in [5.41, 5.74) is 4.23. The van der Waals surface area contributed by atoms with Crippen LogP contribution in [0.3, 0.4) is 0 Å². The Morgan fingerprint density at radius 2 is 1.68 bits per heavy atom. The normalized spacial score (nSPS) is 10.9. The smallest absolute Gasteiger partial charge is 0.287 e. The fourth-order valence-corrected chi connectivity index (χ4v) is 2.77. The van der Waals surface area contributed by atoms with Gasteiger partial charge in [0.15, 0.2) is 11.5 Å². The van der Waals surface area contributed by atoms with Crippen molar-refractivity contribution in [1.82, 2.24) is 10.4 Å². The second-order valence-corrected chi connectivity index (χ2v) is 5.76. The number of rotatable bonds is 7. The molecule has 0 aliphatic heterocycles. The summed E-state index contributed by atoms with van der Waals surface area (Å²) < 4.78 is 21.2. The lowest BCUT2D eigenvalue weighted by Gasteiger charge is -2.11. The minimum Gasteiger partial charge on any atom is -0.497 e. The van der Waals surface area contributed by atoms with Gasteiger partial charge in [-0.15, -0.1) is 0 Å². The van der Waals surface area contributed by atoms with Crippen LogP contribution in [0.5, 0.6) is 23.0 Å². The summed E-state index contributed by atoms with van der Waals surface area (Å²) in [6.45, 7) is 0. The molecule has 2 aromatic carbocycles. The number of hydrogen-bond acceptors (Lipinski definition) is 6. The first kappa shape index (κ1) is 19.1. The van der Waals surface area contributed by atoms with Gasteiger partial charge in [0.25, 0.3) is 5.91 Å². The lowest BCUT2D eigenvalue weighted by Crippen LogP contribution is -2.17. The van der Waals surface area contributed by atoms with Crippen molar-refractivity contribution in [2.24, 2.45) is 5.10 Å². The Morgan fingerprint density at radius 3 is 2.29 bits per heavy atom. The number of ether oxygens (including phenoxy) is 4. The van der Waals surface area contributed by atoms with E-state index in [0.29, 0.717) is 33.8 Å². The summed E-state index contributed by atoms with van der Waals surface area (Å²) in [6, 6.07) is 10.7. The van der Waals surface area contributed by atoms with Gasteiger partial charge in [0.1, 0.15) is 17.2 Å². The van der Waals surface area contributed by atoms with Crippen LogP contribution in [-0.4, -0.2) is 45.5 Å². The number of aromatic nitrogens is 1. The Kier molecular flexibility index (Phi) is 5.69. The van der Waals surface area contributed by atoms with E-state index < -0.39 is 5.91 Å². The molecule has 0 fully saturated rings. The third-order valence-electron chi connectivity index (χ3n) is 4.18. The Hall–Kier alpha value is -3.68. The molecular weight excluding hydrogens is 362 g/mol. The predicted octanol–water partition coefficient (Wildman–Crippen LogP) is 2.97. The molecule has 1 amide bonds. The number of aromatic amines is 1. The van der Waals surface area contributed by atoms with Crippen molar-refractivity contribution in [3.05, 3.63) is 47.7 Å². The highest BCUT2D eigenvalue weighted by atomic mass is 16.5. The maximum absolute atomic E-state index is 12.5. The average Bonchev–Trinajstić information content (AvgIpc) is 3.18. The molecule has 0 bridgehead atoms. The summed E-state index contributed by atoms with van der Waals surface area (Å²) in [5, 5.41) is 4.69. The molecule has 146 valence electrons. The zero-order valence-electron chi connectivity index (χ0n) is 16.0. The molecule has 8 nitrogen and oxygen atoms in total. The first-order valence-corrected chi connectivity index (χ1v) is 8.40. The Balaban J connectivity index is 1.84. The van der Waals surface area contributed by atoms with E-state index >= 15 is 0 Å². The van der Waals surface area contributed by atoms with Crippen LogP contribution in [0.25, 0.3) is 10.9 Å². The van der Waals surface area contributed by atoms with Crippen molar-refractivity contribution in [2.45, 2.75) is 0 Å². The van der Waals surface area contributed by atoms with E-state index in [9.17, 15) is 4.79 Å². The number of carbonyl (C=O) groups excluding carboxylic acids is 1. The number of fused-ring (bicyclic) bond motifs is 1. The summed E-state index contributed by atoms with van der Waals surface area (Å²) >= 11 is 0. The van der Waals surface area contributed by atoms with E-state index in [1.54, 1.807) is 32.6 Å². The second-order valence-electron chi connectivity index (χ2n) is 5.76. The number of hydrogen-bond donors (Lipinski definition) is 2. The van der Waals surface area contributed by atoms with Gasteiger partial charge in [-0.25, -0.2) is 5.43 Å². The zero-order valence-corrected chi connectivity index (χ0v) is 16.0. The zero-order chi connectivity index (χ0) is 20.1. The van der Waals surface area contributed by atoms with Gasteiger partial charge in [-0.05, 0) is 35.9 Å². The molecule has 0 saturated heterocycles. The summed E-state index contributed by atoms with van der Waals surface area (Å²) in [7, 11) is 6.22. The van der Waals surface area contributed by atoms with Crippen LogP contribution in [0.2, 0.25) is 0 Å². The molecule has 3 aromatic rings. The van der Waals surface area contributed by atoms with Gasteiger partial charge in [-0.3, -0.25) is 4.79 Å². The van der Waals surface area contributed by atoms with Crippen LogP contribution in [0.15, 0.2) is 41.5 Å². The van der Waals surface area contributed by atoms with Crippen molar-refractivity contribution in [3.8, 4) is 23.0 Å². The molecule has 0 atom stereocenters. The van der Waals surface area contributed by atoms with Crippen LogP contribution >= 0.6 is 0 Å². The molecule has 3 rings (SSSR count). The van der Waals surface area contributed by atoms with Crippen molar-refractivity contribution < 1.29 is 23.7 Å². The molecule has 0 saturated carbocycles. The predicted molar refractivity (Wildman–Crippen MR) is 106 cm³/mol. The van der Waals surface area contributed by atoms with Gasteiger partial charge >= 0.3 is 0 Å². The monoisotopic (exact) mass is 383 g/mol. The molecule has 0 unspecified atom stereocenters. The van der Waals surface area contributed by atoms with E-state index in [1.165, 1.54) is 14.2 Å². The topological polar surface area (TPSA) is 94.2 Å². The van der Waals surface area contributed by atoms with Gasteiger partial charge in [0.05, 0.1) is 40.2 Å². The Bertz CT molecular complexity index is 1010. The lowest BCUT2D eigenvalue weighted by atomic mass is 10.2. The third-order valence-corrected chi connectivity index (χ3v) is 4.18. The molecule has 0 spiro atoms. The van der Waals surface area contributed by atoms with Gasteiger partial charge in [-0.1, -0.05) is 0 Å². The van der Waals surface area contributed by atoms with Crippen LogP contribution < -0.4 is 24.4 Å². The molecule has 28 heavy (non-hydrogen) atoms. The molecule has 8 heteroatoms. The van der Waals surface area contributed by atoms with Crippen molar-refractivity contribution in [2.75, 3.05) is 28.4 Å². The second kappa shape index (κ2) is 8.34. The van der Waals surface area contributed by atoms with Crippen LogP contribution in [0.4, 0.5) is 0 Å². The lowest BCUT2D eigenvalue weighted by molar-refractivity contribution is 0.0951. The first-order valence-electron chi connectivity index (χ1n) is 8.40. The van der Waals surface area contributed by atoms with Gasteiger partial charge < -0.3 is 23.9 Å². The van der Waals surface area contributed by atoms with Crippen molar-refractivity contribution in [1.29, 1.82) is 0 Å². The van der Waals surface area contributed by atoms with E-state index in [2.05, 4.69) is 15.5 Å². The highest BCUT2D eigenvalue weighted by Gasteiger charge is 2.19. The van der Waals surface area contributed by atoms with Crippen molar-refractivity contribution in [3.63, 3.8) is 0 Å². The molecule has 0 aliphatic rings. The minimum atomic E-state index is -0.399. The quantitative estimate of drug-likeness (QED) is 0.483. The molecule has 0 aliphatic carbocycles. The number of methoxy groups -OCH3 is 4.